The molecule has 0 amide bonds. The molecule has 0 spiro atoms. The first-order chi connectivity index (χ1) is 14.7. The van der Waals surface area contributed by atoms with Gasteiger partial charge in [-0.05, 0) is 109 Å². The van der Waals surface area contributed by atoms with E-state index in [1.807, 2.05) is 0 Å². The Kier molecular flexibility index (Phi) is 7.59. The molecule has 9 atom stereocenters. The normalized spacial score (nSPS) is 43.1. The lowest BCUT2D eigenvalue weighted by Gasteiger charge is -2.57. The van der Waals surface area contributed by atoms with Gasteiger partial charge >= 0.3 is 0 Å². The number of thioether (sulfide) groups is 1. The van der Waals surface area contributed by atoms with E-state index in [4.69, 9.17) is 11.6 Å². The van der Waals surface area contributed by atoms with Crippen molar-refractivity contribution in [3.8, 4) is 0 Å². The zero-order valence-electron chi connectivity index (χ0n) is 20.5. The smallest absolute Gasteiger partial charge is 0.268 e. The van der Waals surface area contributed by atoms with Crippen LogP contribution in [0.25, 0.3) is 0 Å². The zero-order chi connectivity index (χ0) is 22.3. The number of hydrogen-bond donors (Lipinski definition) is 0. The molecule has 3 fully saturated rings. The molecule has 0 bridgehead atoms. The number of hydrogen-bond acceptors (Lipinski definition) is 2. The number of fused-ring (bicyclic) bond motifs is 5. The van der Waals surface area contributed by atoms with E-state index in [1.165, 1.54) is 63.1 Å². The summed E-state index contributed by atoms with van der Waals surface area (Å²) in [7, 11) is 0. The van der Waals surface area contributed by atoms with Crippen LogP contribution in [0.5, 0.6) is 0 Å². The maximum atomic E-state index is 11.4. The van der Waals surface area contributed by atoms with Crippen molar-refractivity contribution in [2.75, 3.05) is 0 Å². The number of carbonyl (C=O) groups excluding carboxylic acids is 1. The first kappa shape index (κ1) is 24.2. The summed E-state index contributed by atoms with van der Waals surface area (Å²) >= 11 is 7.07. The lowest BCUT2D eigenvalue weighted by Crippen LogP contribution is -2.49. The molecule has 0 saturated heterocycles. The summed E-state index contributed by atoms with van der Waals surface area (Å²) in [6.45, 7) is 12.5. The van der Waals surface area contributed by atoms with E-state index in [-0.39, 0.29) is 4.57 Å². The van der Waals surface area contributed by atoms with Gasteiger partial charge in [0.2, 0.25) is 0 Å². The van der Waals surface area contributed by atoms with Crippen molar-refractivity contribution in [1.29, 1.82) is 0 Å². The average molecular weight is 465 g/mol. The molecule has 31 heavy (non-hydrogen) atoms. The van der Waals surface area contributed by atoms with Crippen LogP contribution < -0.4 is 0 Å². The standard InChI is InChI=1S/C28H45ClOS/c1-17(2)7-6-8-18(3)22-11-12-24-23-10-9-20-16-21(31-27(29)30)13-14-28(20,5)25(23)15-19(4)26(22)24/h9,17-19,21-26H,6-8,10-16H2,1-5H3/t18-,19-,21+,22-,23-,24+,25+,26+,28-/m0/s1. The van der Waals surface area contributed by atoms with Crippen LogP contribution in [0, 0.1) is 52.8 Å². The van der Waals surface area contributed by atoms with Crippen LogP contribution in [-0.2, 0) is 0 Å². The molecule has 4 rings (SSSR count). The fourth-order valence-electron chi connectivity index (χ4n) is 8.71. The van der Waals surface area contributed by atoms with Crippen molar-refractivity contribution in [3.05, 3.63) is 11.6 Å². The van der Waals surface area contributed by atoms with Gasteiger partial charge in [0, 0.05) is 5.25 Å². The van der Waals surface area contributed by atoms with E-state index in [9.17, 15) is 4.79 Å². The summed E-state index contributed by atoms with van der Waals surface area (Å²) in [5.41, 5.74) is 2.04. The summed E-state index contributed by atoms with van der Waals surface area (Å²) in [5, 5.41) is 0.400. The Balaban J connectivity index is 1.46. The van der Waals surface area contributed by atoms with Crippen LogP contribution in [0.3, 0.4) is 0 Å². The van der Waals surface area contributed by atoms with Crippen molar-refractivity contribution in [2.24, 2.45) is 52.8 Å². The SMILES string of the molecule is CC(C)CCC[C@H](C)[C@@H]1CC[C@@H]2[C@@H]3CC=C4C[C@H](SC(=O)Cl)CC[C@]4(C)[C@@H]3C[C@H](C)[C@@H]21. The predicted octanol–water partition coefficient (Wildman–Crippen LogP) is 9.34. The van der Waals surface area contributed by atoms with Crippen LogP contribution in [0.1, 0.15) is 98.8 Å². The number of rotatable bonds is 6. The van der Waals surface area contributed by atoms with Crippen molar-refractivity contribution in [3.63, 3.8) is 0 Å². The Morgan fingerprint density at radius 1 is 1.19 bits per heavy atom. The van der Waals surface area contributed by atoms with Gasteiger partial charge in [-0.3, -0.25) is 4.79 Å². The Hall–Kier alpha value is 0.0500. The second-order valence-corrected chi connectivity index (χ2v) is 14.2. The van der Waals surface area contributed by atoms with Gasteiger partial charge in [-0.25, -0.2) is 0 Å². The van der Waals surface area contributed by atoms with E-state index in [2.05, 4.69) is 40.7 Å². The van der Waals surface area contributed by atoms with Crippen LogP contribution in [0.15, 0.2) is 11.6 Å². The van der Waals surface area contributed by atoms with E-state index >= 15 is 0 Å². The van der Waals surface area contributed by atoms with Gasteiger partial charge in [0.25, 0.3) is 4.57 Å². The van der Waals surface area contributed by atoms with Crippen LogP contribution in [-0.4, -0.2) is 9.82 Å². The first-order valence-electron chi connectivity index (χ1n) is 13.3. The largest absolute Gasteiger partial charge is 0.279 e. The molecule has 3 heteroatoms. The third kappa shape index (κ3) is 4.82. The molecule has 0 aromatic rings. The summed E-state index contributed by atoms with van der Waals surface area (Å²) < 4.78 is -0.225. The van der Waals surface area contributed by atoms with E-state index in [0.717, 1.165) is 60.2 Å². The fourth-order valence-corrected chi connectivity index (χ4v) is 9.85. The van der Waals surface area contributed by atoms with Crippen molar-refractivity contribution < 1.29 is 4.79 Å². The third-order valence-corrected chi connectivity index (χ3v) is 11.4. The van der Waals surface area contributed by atoms with Gasteiger partial charge in [0.15, 0.2) is 0 Å². The summed E-state index contributed by atoms with van der Waals surface area (Å²) in [6.07, 6.45) is 16.0. The summed E-state index contributed by atoms with van der Waals surface area (Å²) in [6, 6.07) is 0. The molecule has 0 aromatic carbocycles. The quantitative estimate of drug-likeness (QED) is 0.287. The van der Waals surface area contributed by atoms with Gasteiger partial charge in [0.05, 0.1) is 0 Å². The van der Waals surface area contributed by atoms with Gasteiger partial charge in [-0.15, -0.1) is 0 Å². The van der Waals surface area contributed by atoms with Gasteiger partial charge in [-0.1, -0.05) is 77.3 Å². The molecule has 0 aromatic heterocycles. The molecule has 0 N–H and O–H groups in total. The Bertz CT molecular complexity index is 686. The highest BCUT2D eigenvalue weighted by molar-refractivity contribution is 8.17. The van der Waals surface area contributed by atoms with Crippen LogP contribution in [0.2, 0.25) is 0 Å². The predicted molar refractivity (Wildman–Crippen MR) is 136 cm³/mol. The topological polar surface area (TPSA) is 17.1 Å². The molecule has 0 radical (unpaired) electrons. The molecule has 3 saturated carbocycles. The van der Waals surface area contributed by atoms with Gasteiger partial charge in [0.1, 0.15) is 0 Å². The molecule has 1 nitrogen and oxygen atoms in total. The fraction of sp³-hybridized carbons (Fsp3) is 0.893. The lowest BCUT2D eigenvalue weighted by atomic mass is 9.48. The Morgan fingerprint density at radius 3 is 2.68 bits per heavy atom. The van der Waals surface area contributed by atoms with Gasteiger partial charge < -0.3 is 0 Å². The molecule has 0 heterocycles. The molecular weight excluding hydrogens is 420 g/mol. The van der Waals surface area contributed by atoms with Crippen molar-refractivity contribution >= 4 is 27.9 Å². The van der Waals surface area contributed by atoms with Crippen LogP contribution in [0.4, 0.5) is 4.79 Å². The molecule has 0 aliphatic heterocycles. The minimum absolute atomic E-state index is 0.225. The number of allylic oxidation sites excluding steroid dienone is 2. The van der Waals surface area contributed by atoms with E-state index < -0.39 is 0 Å². The maximum absolute atomic E-state index is 11.4. The average Bonchev–Trinajstić information content (AvgIpc) is 3.14. The summed E-state index contributed by atoms with van der Waals surface area (Å²) in [5.74, 6) is 7.27. The number of carbonyl (C=O) groups is 1. The summed E-state index contributed by atoms with van der Waals surface area (Å²) in [4.78, 5) is 11.4. The van der Waals surface area contributed by atoms with Crippen molar-refractivity contribution in [2.45, 2.75) is 104 Å². The molecule has 176 valence electrons. The second kappa shape index (κ2) is 9.73. The van der Waals surface area contributed by atoms with Gasteiger partial charge in [-0.2, -0.15) is 0 Å². The molecular formula is C28H45ClOS. The highest BCUT2D eigenvalue weighted by atomic mass is 35.5. The van der Waals surface area contributed by atoms with E-state index in [1.54, 1.807) is 5.57 Å². The lowest BCUT2D eigenvalue weighted by molar-refractivity contribution is -0.0300. The minimum atomic E-state index is -0.225. The third-order valence-electron chi connectivity index (χ3n) is 10.2. The minimum Gasteiger partial charge on any atom is -0.268 e. The molecule has 4 aliphatic rings. The second-order valence-electron chi connectivity index (χ2n) is 12.4. The monoisotopic (exact) mass is 464 g/mol. The van der Waals surface area contributed by atoms with Crippen LogP contribution >= 0.6 is 23.4 Å². The highest BCUT2D eigenvalue weighted by Crippen LogP contribution is 2.64. The van der Waals surface area contributed by atoms with Crippen molar-refractivity contribution in [1.82, 2.24) is 0 Å². The maximum Gasteiger partial charge on any atom is 0.279 e. The Labute approximate surface area is 200 Å². The molecule has 0 unspecified atom stereocenters. The molecule has 4 aliphatic carbocycles. The Morgan fingerprint density at radius 2 is 1.97 bits per heavy atom. The highest BCUT2D eigenvalue weighted by Gasteiger charge is 2.56. The first-order valence-corrected chi connectivity index (χ1v) is 14.5. The van der Waals surface area contributed by atoms with E-state index in [0.29, 0.717) is 10.7 Å². The number of halogens is 1. The zero-order valence-corrected chi connectivity index (χ0v) is 22.1.